The van der Waals surface area contributed by atoms with Gasteiger partial charge in [-0.3, -0.25) is 14.7 Å². The van der Waals surface area contributed by atoms with E-state index >= 15 is 0 Å². The van der Waals surface area contributed by atoms with E-state index in [0.717, 1.165) is 5.56 Å². The highest BCUT2D eigenvalue weighted by atomic mass is 35.5. The lowest BCUT2D eigenvalue weighted by atomic mass is 9.75. The van der Waals surface area contributed by atoms with Gasteiger partial charge in [0.2, 0.25) is 0 Å². The average molecular weight is 483 g/mol. The number of amides is 1. The van der Waals surface area contributed by atoms with Crippen LogP contribution in [0.1, 0.15) is 24.5 Å². The van der Waals surface area contributed by atoms with Gasteiger partial charge in [-0.05, 0) is 48.9 Å². The third kappa shape index (κ3) is 3.68. The Morgan fingerprint density at radius 3 is 2.53 bits per heavy atom. The van der Waals surface area contributed by atoms with Gasteiger partial charge in [0, 0.05) is 36.0 Å². The van der Waals surface area contributed by atoms with Gasteiger partial charge in [0.05, 0.1) is 11.9 Å². The van der Waals surface area contributed by atoms with Crippen LogP contribution in [0.5, 0.6) is 5.75 Å². The monoisotopic (exact) mass is 482 g/mol. The van der Waals surface area contributed by atoms with E-state index in [-0.39, 0.29) is 29.1 Å². The van der Waals surface area contributed by atoms with Gasteiger partial charge in [-0.25, -0.2) is 13.8 Å². The van der Waals surface area contributed by atoms with Gasteiger partial charge in [-0.15, -0.1) is 0 Å². The number of guanidine groups is 1. The number of nitrogens with two attached hydrogens (primary N) is 1. The van der Waals surface area contributed by atoms with Crippen molar-refractivity contribution in [1.29, 1.82) is 0 Å². The second-order valence-corrected chi connectivity index (χ2v) is 9.39. The lowest BCUT2D eigenvalue weighted by molar-refractivity contribution is -0.133. The highest BCUT2D eigenvalue weighted by molar-refractivity contribution is 6.30. The fourth-order valence-electron chi connectivity index (χ4n) is 4.77. The van der Waals surface area contributed by atoms with Gasteiger partial charge < -0.3 is 10.5 Å². The summed E-state index contributed by atoms with van der Waals surface area (Å²) in [7, 11) is 1.57. The average Bonchev–Trinajstić information content (AvgIpc) is 2.98. The summed E-state index contributed by atoms with van der Waals surface area (Å²) in [5.41, 5.74) is 6.08. The zero-order chi connectivity index (χ0) is 24.3. The van der Waals surface area contributed by atoms with Crippen molar-refractivity contribution in [2.24, 2.45) is 10.7 Å². The molecule has 1 unspecified atom stereocenters. The number of fused-ring (bicyclic) bond motifs is 2. The standard InChI is InChI=1S/C25H21ClF2N4O2/c1-24(11-14-3-5-17(27)6-4-14)13-25(22(33)32(2)23(29)31-25)19-10-20(30-12-21(19)34-24)15-7-16(26)9-18(28)8-15/h3-10,12H,11,13H2,1-2H3,(H2,29,31)/t24-,25?/m1/s1. The van der Waals surface area contributed by atoms with Crippen LogP contribution in [0.4, 0.5) is 8.78 Å². The summed E-state index contributed by atoms with van der Waals surface area (Å²) in [6, 6.07) is 11.9. The fraction of sp³-hybridized carbons (Fsp3) is 0.240. The second-order valence-electron chi connectivity index (χ2n) is 8.95. The molecule has 3 aromatic rings. The third-order valence-electron chi connectivity index (χ3n) is 6.26. The molecular formula is C25H21ClF2N4O2. The molecule has 2 atom stereocenters. The number of aromatic nitrogens is 1. The second kappa shape index (κ2) is 7.77. The molecule has 2 aromatic carbocycles. The molecule has 1 amide bonds. The maximum absolute atomic E-state index is 14.0. The number of carbonyl (C=O) groups is 1. The first-order valence-electron chi connectivity index (χ1n) is 10.6. The minimum Gasteiger partial charge on any atom is -0.485 e. The largest absolute Gasteiger partial charge is 0.485 e. The normalized spacial score (nSPS) is 23.6. The molecule has 2 aliphatic rings. The molecule has 2 aliphatic heterocycles. The maximum Gasteiger partial charge on any atom is 0.261 e. The first-order chi connectivity index (χ1) is 16.1. The first-order valence-corrected chi connectivity index (χ1v) is 11.0. The van der Waals surface area contributed by atoms with Gasteiger partial charge in [-0.2, -0.15) is 0 Å². The minimum atomic E-state index is -1.34. The van der Waals surface area contributed by atoms with Crippen molar-refractivity contribution in [3.8, 4) is 17.0 Å². The Hall–Kier alpha value is -3.52. The SMILES string of the molecule is CN1C(=O)C2(C[C@@](C)(Cc3ccc(F)cc3)Oc3cnc(-c4cc(F)cc(Cl)c4)cc32)N=C1N. The van der Waals surface area contributed by atoms with Crippen molar-refractivity contribution in [2.45, 2.75) is 30.9 Å². The van der Waals surface area contributed by atoms with E-state index in [0.29, 0.717) is 29.0 Å². The zero-order valence-electron chi connectivity index (χ0n) is 18.5. The van der Waals surface area contributed by atoms with Gasteiger partial charge in [0.1, 0.15) is 23.0 Å². The number of ether oxygens (including phenoxy) is 1. The molecule has 2 N–H and O–H groups in total. The molecule has 0 saturated carbocycles. The van der Waals surface area contributed by atoms with E-state index in [1.165, 1.54) is 35.4 Å². The summed E-state index contributed by atoms with van der Waals surface area (Å²) < 4.78 is 33.8. The first kappa shape index (κ1) is 22.3. The highest BCUT2D eigenvalue weighted by Gasteiger charge is 2.57. The third-order valence-corrected chi connectivity index (χ3v) is 6.47. The summed E-state index contributed by atoms with van der Waals surface area (Å²) in [4.78, 5) is 23.9. The Morgan fingerprint density at radius 1 is 1.15 bits per heavy atom. The fourth-order valence-corrected chi connectivity index (χ4v) is 4.99. The Morgan fingerprint density at radius 2 is 1.88 bits per heavy atom. The minimum absolute atomic E-state index is 0.0918. The van der Waals surface area contributed by atoms with Crippen molar-refractivity contribution in [2.75, 3.05) is 7.05 Å². The number of aliphatic imine (C=N–C) groups is 1. The molecular weight excluding hydrogens is 462 g/mol. The molecule has 0 radical (unpaired) electrons. The van der Waals surface area contributed by atoms with Crippen molar-refractivity contribution in [3.63, 3.8) is 0 Å². The van der Waals surface area contributed by atoms with Gasteiger partial charge >= 0.3 is 0 Å². The van der Waals surface area contributed by atoms with Crippen LogP contribution < -0.4 is 10.5 Å². The number of benzene rings is 2. The molecule has 9 heteroatoms. The molecule has 0 aliphatic carbocycles. The predicted octanol–water partition coefficient (Wildman–Crippen LogP) is 4.45. The van der Waals surface area contributed by atoms with Crippen LogP contribution in [0, 0.1) is 11.6 Å². The van der Waals surface area contributed by atoms with Gasteiger partial charge in [0.15, 0.2) is 11.5 Å². The molecule has 0 fully saturated rings. The van der Waals surface area contributed by atoms with Gasteiger partial charge in [0.25, 0.3) is 5.91 Å². The van der Waals surface area contributed by atoms with Crippen molar-refractivity contribution in [3.05, 3.63) is 82.5 Å². The molecule has 34 heavy (non-hydrogen) atoms. The lowest BCUT2D eigenvalue weighted by Gasteiger charge is -2.43. The molecule has 5 rings (SSSR count). The van der Waals surface area contributed by atoms with Crippen LogP contribution in [0.3, 0.4) is 0 Å². The summed E-state index contributed by atoms with van der Waals surface area (Å²) in [6.07, 6.45) is 2.11. The predicted molar refractivity (Wildman–Crippen MR) is 124 cm³/mol. The number of pyridine rings is 1. The molecule has 0 bridgehead atoms. The zero-order valence-corrected chi connectivity index (χ0v) is 19.2. The number of rotatable bonds is 3. The van der Waals surface area contributed by atoms with E-state index in [1.807, 2.05) is 6.92 Å². The lowest BCUT2D eigenvalue weighted by Crippen LogP contribution is -2.51. The number of halogens is 3. The number of hydrogen-bond donors (Lipinski definition) is 1. The van der Waals surface area contributed by atoms with Crippen LogP contribution in [-0.4, -0.2) is 34.4 Å². The Balaban J connectivity index is 1.64. The summed E-state index contributed by atoms with van der Waals surface area (Å²) in [5, 5.41) is 0.228. The van der Waals surface area contributed by atoms with E-state index in [9.17, 15) is 13.6 Å². The number of nitrogens with zero attached hydrogens (tertiary/aromatic N) is 3. The Bertz CT molecular complexity index is 1330. The van der Waals surface area contributed by atoms with E-state index in [2.05, 4.69) is 9.98 Å². The molecule has 174 valence electrons. The Labute approximate surface area is 200 Å². The van der Waals surface area contributed by atoms with Crippen LogP contribution in [0.2, 0.25) is 5.02 Å². The van der Waals surface area contributed by atoms with Crippen molar-refractivity contribution >= 4 is 23.5 Å². The van der Waals surface area contributed by atoms with Crippen LogP contribution in [-0.2, 0) is 16.8 Å². The van der Waals surface area contributed by atoms with E-state index < -0.39 is 17.0 Å². The molecule has 1 aromatic heterocycles. The summed E-state index contributed by atoms with van der Waals surface area (Å²) in [5.74, 6) is -0.663. The molecule has 1 spiro atoms. The van der Waals surface area contributed by atoms with Crippen LogP contribution in [0.25, 0.3) is 11.3 Å². The smallest absolute Gasteiger partial charge is 0.261 e. The van der Waals surface area contributed by atoms with E-state index in [4.69, 9.17) is 22.1 Å². The number of carbonyl (C=O) groups excluding carboxylic acids is 1. The van der Waals surface area contributed by atoms with E-state index in [1.54, 1.807) is 31.3 Å². The van der Waals surface area contributed by atoms with Crippen molar-refractivity contribution < 1.29 is 18.3 Å². The van der Waals surface area contributed by atoms with Crippen LogP contribution in [0.15, 0.2) is 59.7 Å². The topological polar surface area (TPSA) is 80.8 Å². The number of likely N-dealkylation sites (N-methyl/N-ethyl adjacent to an activating group) is 1. The highest BCUT2D eigenvalue weighted by Crippen LogP contribution is 2.50. The van der Waals surface area contributed by atoms with Crippen molar-refractivity contribution in [1.82, 2.24) is 9.88 Å². The Kier molecular flexibility index (Phi) is 5.09. The maximum atomic E-state index is 14.0. The summed E-state index contributed by atoms with van der Waals surface area (Å²) in [6.45, 7) is 1.87. The van der Waals surface area contributed by atoms with Crippen LogP contribution >= 0.6 is 11.6 Å². The quantitative estimate of drug-likeness (QED) is 0.598. The molecule has 6 nitrogen and oxygen atoms in total. The van der Waals surface area contributed by atoms with Gasteiger partial charge in [-0.1, -0.05) is 23.7 Å². The molecule has 3 heterocycles. The summed E-state index contributed by atoms with van der Waals surface area (Å²) >= 11 is 6.03. The molecule has 0 saturated heterocycles. The number of hydrogen-bond acceptors (Lipinski definition) is 5.